The average molecular weight is 544 g/mol. The Hall–Kier alpha value is -2.72. The Morgan fingerprint density at radius 3 is 2.38 bits per heavy atom. The van der Waals surface area contributed by atoms with Crippen molar-refractivity contribution in [1.82, 2.24) is 14.7 Å². The van der Waals surface area contributed by atoms with Crippen molar-refractivity contribution >= 4 is 52.1 Å². The summed E-state index contributed by atoms with van der Waals surface area (Å²) in [6, 6.07) is 13.5. The third-order valence-corrected chi connectivity index (χ3v) is 7.37. The van der Waals surface area contributed by atoms with Gasteiger partial charge in [-0.3, -0.25) is 14.5 Å². The van der Waals surface area contributed by atoms with Gasteiger partial charge < -0.3 is 24.8 Å². The molecule has 0 aromatic heterocycles. The Bertz CT molecular complexity index is 1090. The summed E-state index contributed by atoms with van der Waals surface area (Å²) in [5.41, 5.74) is 1.30. The number of piperazine rings is 1. The number of carbonyl (C=O) groups is 2. The topological polar surface area (TPSA) is 68.4 Å². The standard InChI is InChI=1S/C27H34ClN5O3S/c1-3-36-23-11-7-21(8-12-23)29-25(34)19-24-26(35)33(22-9-5-20(28)6-10-22)27(37)32(24)14-4-13-31-17-15-30(2)16-18-31/h5-12,24H,3-4,13-19H2,1-2H3,(H,29,34)/t24-/m0/s1. The molecule has 2 aromatic rings. The molecule has 1 N–H and O–H groups in total. The Morgan fingerprint density at radius 2 is 1.73 bits per heavy atom. The summed E-state index contributed by atoms with van der Waals surface area (Å²) in [6.07, 6.45) is 0.855. The highest BCUT2D eigenvalue weighted by Crippen LogP contribution is 2.29. The number of hydrogen-bond donors (Lipinski definition) is 1. The molecule has 2 aliphatic rings. The molecule has 0 unspecified atom stereocenters. The summed E-state index contributed by atoms with van der Waals surface area (Å²) in [5, 5.41) is 3.90. The molecule has 2 amide bonds. The third-order valence-electron chi connectivity index (χ3n) is 6.70. The largest absolute Gasteiger partial charge is 0.494 e. The van der Waals surface area contributed by atoms with Crippen LogP contribution in [0.25, 0.3) is 0 Å². The van der Waals surface area contributed by atoms with Crippen LogP contribution in [0.3, 0.4) is 0 Å². The minimum atomic E-state index is -0.668. The number of amides is 2. The SMILES string of the molecule is CCOc1ccc(NC(=O)C[C@H]2C(=O)N(c3ccc(Cl)cc3)C(=S)N2CCCN2CCN(C)CC2)cc1. The van der Waals surface area contributed by atoms with Crippen molar-refractivity contribution in [3.8, 4) is 5.75 Å². The lowest BCUT2D eigenvalue weighted by Crippen LogP contribution is -2.45. The number of ether oxygens (including phenoxy) is 1. The van der Waals surface area contributed by atoms with Gasteiger partial charge in [0.1, 0.15) is 11.8 Å². The van der Waals surface area contributed by atoms with Gasteiger partial charge in [-0.15, -0.1) is 0 Å². The van der Waals surface area contributed by atoms with Gasteiger partial charge in [0.2, 0.25) is 5.91 Å². The molecule has 0 bridgehead atoms. The van der Waals surface area contributed by atoms with E-state index in [4.69, 9.17) is 28.6 Å². The second-order valence-corrected chi connectivity index (χ2v) is 10.2. The van der Waals surface area contributed by atoms with E-state index in [-0.39, 0.29) is 18.2 Å². The van der Waals surface area contributed by atoms with Crippen molar-refractivity contribution in [2.24, 2.45) is 0 Å². The van der Waals surface area contributed by atoms with E-state index < -0.39 is 6.04 Å². The fraction of sp³-hybridized carbons (Fsp3) is 0.444. The van der Waals surface area contributed by atoms with Gasteiger partial charge in [0, 0.05) is 43.4 Å². The summed E-state index contributed by atoms with van der Waals surface area (Å²) in [5.74, 6) is 0.294. The quantitative estimate of drug-likeness (QED) is 0.458. The molecule has 2 aliphatic heterocycles. The second kappa shape index (κ2) is 12.7. The summed E-state index contributed by atoms with van der Waals surface area (Å²) in [4.78, 5) is 34.8. The molecular formula is C27H34ClN5O3S. The lowest BCUT2D eigenvalue weighted by Gasteiger charge is -2.33. The first-order valence-electron chi connectivity index (χ1n) is 12.7. The fourth-order valence-electron chi connectivity index (χ4n) is 4.64. The zero-order chi connectivity index (χ0) is 26.4. The molecule has 2 aromatic carbocycles. The number of halogens is 1. The highest BCUT2D eigenvalue weighted by molar-refractivity contribution is 7.80. The number of nitrogens with one attached hydrogen (secondary N) is 1. The van der Waals surface area contributed by atoms with E-state index in [0.717, 1.165) is 44.9 Å². The zero-order valence-corrected chi connectivity index (χ0v) is 22.9. The van der Waals surface area contributed by atoms with E-state index in [2.05, 4.69) is 22.2 Å². The van der Waals surface area contributed by atoms with Crippen LogP contribution < -0.4 is 15.0 Å². The fourth-order valence-corrected chi connectivity index (χ4v) is 5.18. The van der Waals surface area contributed by atoms with E-state index in [0.29, 0.717) is 34.7 Å². The van der Waals surface area contributed by atoms with Gasteiger partial charge in [-0.2, -0.15) is 0 Å². The number of carbonyl (C=O) groups excluding carboxylic acids is 2. The lowest BCUT2D eigenvalue weighted by molar-refractivity contribution is -0.124. The molecule has 2 saturated heterocycles. The third kappa shape index (κ3) is 6.98. The highest BCUT2D eigenvalue weighted by Gasteiger charge is 2.43. The molecule has 0 spiro atoms. The van der Waals surface area contributed by atoms with Crippen molar-refractivity contribution in [2.75, 3.05) is 63.1 Å². The molecule has 10 heteroatoms. The number of nitrogens with zero attached hydrogens (tertiary/aromatic N) is 4. The molecular weight excluding hydrogens is 510 g/mol. The predicted molar refractivity (Wildman–Crippen MR) is 151 cm³/mol. The van der Waals surface area contributed by atoms with E-state index in [1.54, 1.807) is 36.4 Å². The number of hydrogen-bond acceptors (Lipinski definition) is 6. The normalized spacial score (nSPS) is 18.9. The molecule has 4 rings (SSSR count). The maximum atomic E-state index is 13.6. The second-order valence-electron chi connectivity index (χ2n) is 9.35. The van der Waals surface area contributed by atoms with Gasteiger partial charge in [0.05, 0.1) is 18.7 Å². The van der Waals surface area contributed by atoms with Gasteiger partial charge in [0.15, 0.2) is 5.11 Å². The van der Waals surface area contributed by atoms with E-state index in [1.165, 1.54) is 4.90 Å². The molecule has 8 nitrogen and oxygen atoms in total. The van der Waals surface area contributed by atoms with Gasteiger partial charge in [-0.1, -0.05) is 11.6 Å². The smallest absolute Gasteiger partial charge is 0.256 e. The van der Waals surface area contributed by atoms with Crippen LogP contribution in [-0.2, 0) is 9.59 Å². The molecule has 2 fully saturated rings. The van der Waals surface area contributed by atoms with Crippen LogP contribution in [0.15, 0.2) is 48.5 Å². The van der Waals surface area contributed by atoms with E-state index in [1.807, 2.05) is 24.0 Å². The molecule has 0 saturated carbocycles. The van der Waals surface area contributed by atoms with Crippen LogP contribution in [0.1, 0.15) is 19.8 Å². The summed E-state index contributed by atoms with van der Waals surface area (Å²) in [7, 11) is 2.14. The average Bonchev–Trinajstić information content (AvgIpc) is 3.11. The van der Waals surface area contributed by atoms with Crippen molar-refractivity contribution < 1.29 is 14.3 Å². The van der Waals surface area contributed by atoms with Crippen molar-refractivity contribution in [3.05, 3.63) is 53.6 Å². The molecule has 198 valence electrons. The van der Waals surface area contributed by atoms with Gasteiger partial charge in [-0.05, 0) is 87.7 Å². The highest BCUT2D eigenvalue weighted by atomic mass is 35.5. The molecule has 2 heterocycles. The zero-order valence-electron chi connectivity index (χ0n) is 21.4. The van der Waals surface area contributed by atoms with Gasteiger partial charge in [0.25, 0.3) is 5.91 Å². The minimum absolute atomic E-state index is 0.00475. The molecule has 0 aliphatic carbocycles. The minimum Gasteiger partial charge on any atom is -0.494 e. The van der Waals surface area contributed by atoms with Crippen LogP contribution in [0.4, 0.5) is 11.4 Å². The van der Waals surface area contributed by atoms with Gasteiger partial charge in [-0.25, -0.2) is 0 Å². The monoisotopic (exact) mass is 543 g/mol. The number of rotatable bonds is 10. The Balaban J connectivity index is 1.44. The molecule has 0 radical (unpaired) electrons. The predicted octanol–water partition coefficient (Wildman–Crippen LogP) is 3.71. The first-order valence-corrected chi connectivity index (χ1v) is 13.5. The van der Waals surface area contributed by atoms with Crippen LogP contribution in [0.5, 0.6) is 5.75 Å². The first-order chi connectivity index (χ1) is 17.9. The van der Waals surface area contributed by atoms with Crippen LogP contribution >= 0.6 is 23.8 Å². The van der Waals surface area contributed by atoms with Gasteiger partial charge >= 0.3 is 0 Å². The maximum absolute atomic E-state index is 13.6. The van der Waals surface area contributed by atoms with Crippen LogP contribution in [-0.4, -0.2) is 90.6 Å². The van der Waals surface area contributed by atoms with Crippen molar-refractivity contribution in [1.29, 1.82) is 0 Å². The summed E-state index contributed by atoms with van der Waals surface area (Å²) >= 11 is 11.8. The van der Waals surface area contributed by atoms with Crippen molar-refractivity contribution in [3.63, 3.8) is 0 Å². The number of likely N-dealkylation sites (N-methyl/N-ethyl adjacent to an activating group) is 1. The Morgan fingerprint density at radius 1 is 1.05 bits per heavy atom. The first kappa shape index (κ1) is 27.3. The Kier molecular flexibility index (Phi) is 9.37. The van der Waals surface area contributed by atoms with Crippen LogP contribution in [0.2, 0.25) is 5.02 Å². The number of anilines is 2. The summed E-state index contributed by atoms with van der Waals surface area (Å²) < 4.78 is 5.46. The van der Waals surface area contributed by atoms with E-state index >= 15 is 0 Å². The maximum Gasteiger partial charge on any atom is 0.256 e. The van der Waals surface area contributed by atoms with Crippen LogP contribution in [0, 0.1) is 0 Å². The number of benzene rings is 2. The number of thiocarbonyl (C=S) groups is 1. The molecule has 37 heavy (non-hydrogen) atoms. The molecule has 1 atom stereocenters. The van der Waals surface area contributed by atoms with Crippen molar-refractivity contribution in [2.45, 2.75) is 25.8 Å². The summed E-state index contributed by atoms with van der Waals surface area (Å²) in [6.45, 7) is 8.19. The van der Waals surface area contributed by atoms with E-state index in [9.17, 15) is 9.59 Å². The lowest BCUT2D eigenvalue weighted by atomic mass is 10.1. The Labute approximate surface area is 229 Å².